The maximum atomic E-state index is 14.6. The Balaban J connectivity index is 1.64. The van der Waals surface area contributed by atoms with Crippen molar-refractivity contribution in [3.05, 3.63) is 79.5 Å². The Kier molecular flexibility index (Phi) is 5.48. The van der Waals surface area contributed by atoms with Gasteiger partial charge in [0.1, 0.15) is 28.0 Å². The molecule has 1 aromatic carbocycles. The summed E-state index contributed by atoms with van der Waals surface area (Å²) in [6.45, 7) is 3.39. The number of halogens is 2. The number of fused-ring (bicyclic) bond motifs is 1. The van der Waals surface area contributed by atoms with Crippen LogP contribution in [0.5, 0.6) is 0 Å². The highest BCUT2D eigenvalue weighted by Crippen LogP contribution is 2.33. The van der Waals surface area contributed by atoms with Crippen LogP contribution in [0.15, 0.2) is 55.2 Å². The molecule has 0 spiro atoms. The number of hydrogen-bond donors (Lipinski definition) is 2. The highest BCUT2D eigenvalue weighted by molar-refractivity contribution is 6.29. The first-order valence-electron chi connectivity index (χ1n) is 10.5. The maximum absolute atomic E-state index is 14.6. The van der Waals surface area contributed by atoms with Crippen molar-refractivity contribution in [3.63, 3.8) is 0 Å². The molecule has 0 aliphatic rings. The number of pyridine rings is 1. The molecule has 1 unspecified atom stereocenters. The van der Waals surface area contributed by atoms with Gasteiger partial charge in [0.2, 0.25) is 5.82 Å². The van der Waals surface area contributed by atoms with Crippen molar-refractivity contribution in [3.8, 4) is 22.8 Å². The van der Waals surface area contributed by atoms with Crippen molar-refractivity contribution in [1.82, 2.24) is 24.9 Å². The summed E-state index contributed by atoms with van der Waals surface area (Å²) in [5.74, 6) is -0.920. The summed E-state index contributed by atoms with van der Waals surface area (Å²) < 4.78 is 27.0. The summed E-state index contributed by atoms with van der Waals surface area (Å²) in [6.07, 6.45) is 3.32. The highest BCUT2D eigenvalue weighted by Gasteiger charge is 2.22. The third kappa shape index (κ3) is 4.10. The second-order valence-electron chi connectivity index (χ2n) is 8.00. The average Bonchev–Trinajstić information content (AvgIpc) is 3.45. The molecule has 10 nitrogen and oxygen atoms in total. The monoisotopic (exact) mass is 496 g/mol. The van der Waals surface area contributed by atoms with Crippen molar-refractivity contribution >= 4 is 28.3 Å². The maximum Gasteiger partial charge on any atom is 0.439 e. The highest BCUT2D eigenvalue weighted by atomic mass is 35.5. The summed E-state index contributed by atoms with van der Waals surface area (Å²) >= 11 is 6.04. The standard InChI is InChI=1S/C23H18ClFN6O4/c1-10-19(32)15-7-13(25)6-14(21(15)34-20(10)12-8-26-31(3)9-12)11(2)27-16-4-5-17(24)28-18(16)22-29-23(33)35-30-22/h4-9,11,27H,1-3H3,(H,29,30,33). The van der Waals surface area contributed by atoms with E-state index in [0.717, 1.165) is 6.07 Å². The Morgan fingerprint density at radius 1 is 1.26 bits per heavy atom. The molecule has 0 aliphatic heterocycles. The van der Waals surface area contributed by atoms with Gasteiger partial charge in [-0.05, 0) is 38.1 Å². The zero-order chi connectivity index (χ0) is 24.9. The number of aromatic nitrogens is 5. The fourth-order valence-corrected chi connectivity index (χ4v) is 4.04. The van der Waals surface area contributed by atoms with E-state index in [4.69, 9.17) is 16.0 Å². The molecule has 1 atom stereocenters. The SMILES string of the molecule is Cc1c(-c2cnn(C)c2)oc2c(C(C)Nc3ccc(Cl)nc3-c3noc(=O)[nH]3)cc(F)cc2c1=O. The van der Waals surface area contributed by atoms with Gasteiger partial charge in [0.05, 0.1) is 28.9 Å². The Morgan fingerprint density at radius 2 is 2.06 bits per heavy atom. The molecular formula is C23H18ClFN6O4. The number of benzene rings is 1. The van der Waals surface area contributed by atoms with Crippen LogP contribution in [-0.2, 0) is 7.05 Å². The first-order valence-corrected chi connectivity index (χ1v) is 10.8. The Hall–Kier alpha value is -4.25. The zero-order valence-electron chi connectivity index (χ0n) is 18.7. The fourth-order valence-electron chi connectivity index (χ4n) is 3.89. The number of hydrogen-bond acceptors (Lipinski definition) is 8. The van der Waals surface area contributed by atoms with Crippen LogP contribution >= 0.6 is 11.6 Å². The number of anilines is 1. The quantitative estimate of drug-likeness (QED) is 0.346. The first-order chi connectivity index (χ1) is 16.7. The largest absolute Gasteiger partial charge is 0.455 e. The third-order valence-corrected chi connectivity index (χ3v) is 5.75. The Bertz CT molecular complexity index is 1700. The number of rotatable bonds is 5. The predicted molar refractivity (Wildman–Crippen MR) is 127 cm³/mol. The molecule has 0 saturated heterocycles. The number of nitrogens with one attached hydrogen (secondary N) is 2. The molecule has 0 amide bonds. The molecule has 0 bridgehead atoms. The smallest absolute Gasteiger partial charge is 0.439 e. The number of nitrogens with zero attached hydrogens (tertiary/aromatic N) is 4. The average molecular weight is 497 g/mol. The van der Waals surface area contributed by atoms with Gasteiger partial charge < -0.3 is 9.73 Å². The molecule has 0 fully saturated rings. The van der Waals surface area contributed by atoms with E-state index in [1.165, 1.54) is 6.07 Å². The van der Waals surface area contributed by atoms with Gasteiger partial charge in [-0.25, -0.2) is 14.2 Å². The lowest BCUT2D eigenvalue weighted by atomic mass is 10.0. The molecule has 5 aromatic rings. The number of aryl methyl sites for hydroxylation is 1. The summed E-state index contributed by atoms with van der Waals surface area (Å²) in [7, 11) is 1.75. The molecule has 5 rings (SSSR count). The topological polar surface area (TPSA) is 132 Å². The van der Waals surface area contributed by atoms with Crippen LogP contribution in [0.3, 0.4) is 0 Å². The van der Waals surface area contributed by atoms with E-state index >= 15 is 0 Å². The van der Waals surface area contributed by atoms with E-state index in [2.05, 4.69) is 30.1 Å². The summed E-state index contributed by atoms with van der Waals surface area (Å²) in [4.78, 5) is 31.2. The number of H-pyrrole nitrogens is 1. The van der Waals surface area contributed by atoms with Crippen LogP contribution < -0.4 is 16.5 Å². The Morgan fingerprint density at radius 3 is 2.74 bits per heavy atom. The molecule has 178 valence electrons. The van der Waals surface area contributed by atoms with Gasteiger partial charge >= 0.3 is 5.76 Å². The van der Waals surface area contributed by atoms with Gasteiger partial charge in [-0.1, -0.05) is 16.8 Å². The number of aromatic amines is 1. The molecule has 0 radical (unpaired) electrons. The molecule has 35 heavy (non-hydrogen) atoms. The van der Waals surface area contributed by atoms with E-state index in [-0.39, 0.29) is 33.1 Å². The second kappa shape index (κ2) is 8.51. The van der Waals surface area contributed by atoms with E-state index < -0.39 is 17.6 Å². The van der Waals surface area contributed by atoms with Crippen LogP contribution in [0.4, 0.5) is 10.1 Å². The van der Waals surface area contributed by atoms with Crippen molar-refractivity contribution in [2.75, 3.05) is 5.32 Å². The van der Waals surface area contributed by atoms with E-state index in [1.807, 2.05) is 0 Å². The first kappa shape index (κ1) is 22.5. The van der Waals surface area contributed by atoms with Gasteiger partial charge in [0.15, 0.2) is 5.43 Å². The van der Waals surface area contributed by atoms with Gasteiger partial charge in [0, 0.05) is 24.4 Å². The Labute approximate surface area is 201 Å². The lowest BCUT2D eigenvalue weighted by Gasteiger charge is -2.19. The molecular weight excluding hydrogens is 479 g/mol. The minimum absolute atomic E-state index is 0.0670. The van der Waals surface area contributed by atoms with Crippen LogP contribution in [-0.4, -0.2) is 24.9 Å². The normalized spacial score (nSPS) is 12.3. The molecule has 2 N–H and O–H groups in total. The molecule has 4 heterocycles. The summed E-state index contributed by atoms with van der Waals surface area (Å²) in [6, 6.07) is 5.07. The van der Waals surface area contributed by atoms with Crippen molar-refractivity contribution < 1.29 is 13.3 Å². The molecule has 4 aromatic heterocycles. The van der Waals surface area contributed by atoms with Gasteiger partial charge in [0.25, 0.3) is 0 Å². The van der Waals surface area contributed by atoms with Crippen molar-refractivity contribution in [1.29, 1.82) is 0 Å². The lowest BCUT2D eigenvalue weighted by molar-refractivity contribution is 0.388. The van der Waals surface area contributed by atoms with Crippen LogP contribution in [0.25, 0.3) is 33.8 Å². The van der Waals surface area contributed by atoms with E-state index in [9.17, 15) is 14.0 Å². The summed E-state index contributed by atoms with van der Waals surface area (Å²) in [5, 5.41) is 11.3. The van der Waals surface area contributed by atoms with Gasteiger partial charge in [-0.15, -0.1) is 0 Å². The van der Waals surface area contributed by atoms with Crippen molar-refractivity contribution in [2.24, 2.45) is 7.05 Å². The van der Waals surface area contributed by atoms with E-state index in [1.54, 1.807) is 50.1 Å². The zero-order valence-corrected chi connectivity index (χ0v) is 19.5. The molecule has 0 aliphatic carbocycles. The lowest BCUT2D eigenvalue weighted by Crippen LogP contribution is -2.13. The van der Waals surface area contributed by atoms with E-state index in [0.29, 0.717) is 28.1 Å². The molecule has 12 heteroatoms. The van der Waals surface area contributed by atoms with Gasteiger partial charge in [-0.2, -0.15) is 5.10 Å². The molecule has 0 saturated carbocycles. The minimum Gasteiger partial charge on any atom is -0.455 e. The summed E-state index contributed by atoms with van der Waals surface area (Å²) in [5.41, 5.74) is 1.93. The fraction of sp³-hybridized carbons (Fsp3) is 0.174. The van der Waals surface area contributed by atoms with Crippen molar-refractivity contribution in [2.45, 2.75) is 19.9 Å². The van der Waals surface area contributed by atoms with Gasteiger partial charge in [-0.3, -0.25) is 19.0 Å². The van der Waals surface area contributed by atoms with Crippen LogP contribution in [0.1, 0.15) is 24.1 Å². The van der Waals surface area contributed by atoms with Crippen LogP contribution in [0.2, 0.25) is 5.15 Å². The predicted octanol–water partition coefficient (Wildman–Crippen LogP) is 4.21. The third-order valence-electron chi connectivity index (χ3n) is 5.54. The minimum atomic E-state index is -0.753. The second-order valence-corrected chi connectivity index (χ2v) is 8.39. The van der Waals surface area contributed by atoms with Crippen LogP contribution in [0, 0.1) is 12.7 Å².